The summed E-state index contributed by atoms with van der Waals surface area (Å²) in [7, 11) is 0. The van der Waals surface area contributed by atoms with Gasteiger partial charge in [-0.15, -0.1) is 0 Å². The van der Waals surface area contributed by atoms with E-state index in [4.69, 9.17) is 4.74 Å². The topological polar surface area (TPSA) is 101 Å². The quantitative estimate of drug-likeness (QED) is 0.546. The molecule has 7 nitrogen and oxygen atoms in total. The second kappa shape index (κ2) is 9.82. The SMILES string of the molecule is CCc1nc(-c2ccccc2)c(CCOc2ccc(CC3SC(=O)NC3=O)cc2)c(=O)[nH]1. The van der Waals surface area contributed by atoms with Crippen molar-refractivity contribution in [3.63, 3.8) is 0 Å². The number of amides is 2. The molecule has 4 rings (SSSR count). The molecule has 164 valence electrons. The number of ether oxygens (including phenoxy) is 1. The van der Waals surface area contributed by atoms with Crippen LogP contribution in [-0.4, -0.2) is 33.0 Å². The number of H-pyrrole nitrogens is 1. The lowest BCUT2D eigenvalue weighted by Gasteiger charge is -2.12. The third-order valence-corrected chi connectivity index (χ3v) is 6.16. The molecule has 0 bridgehead atoms. The van der Waals surface area contributed by atoms with E-state index in [1.165, 1.54) is 0 Å². The number of carbonyl (C=O) groups is 2. The zero-order chi connectivity index (χ0) is 22.5. The van der Waals surface area contributed by atoms with E-state index in [2.05, 4.69) is 15.3 Å². The number of benzene rings is 2. The second-order valence-electron chi connectivity index (χ2n) is 7.39. The molecule has 1 aliphatic rings. The lowest BCUT2D eigenvalue weighted by Crippen LogP contribution is -2.25. The number of aryl methyl sites for hydroxylation is 1. The number of nitrogens with zero attached hydrogens (tertiary/aromatic N) is 1. The minimum absolute atomic E-state index is 0.142. The summed E-state index contributed by atoms with van der Waals surface area (Å²) in [6.07, 6.45) is 1.54. The molecule has 0 aliphatic carbocycles. The number of aromatic amines is 1. The maximum atomic E-state index is 12.7. The maximum Gasteiger partial charge on any atom is 0.286 e. The van der Waals surface area contributed by atoms with Crippen LogP contribution in [0.2, 0.25) is 0 Å². The van der Waals surface area contributed by atoms with Gasteiger partial charge >= 0.3 is 0 Å². The fourth-order valence-corrected chi connectivity index (χ4v) is 4.37. The molecule has 2 N–H and O–H groups in total. The van der Waals surface area contributed by atoms with E-state index >= 15 is 0 Å². The fraction of sp³-hybridized carbons (Fsp3) is 0.250. The average Bonchev–Trinajstić information content (AvgIpc) is 3.12. The monoisotopic (exact) mass is 449 g/mol. The molecule has 1 saturated heterocycles. The molecule has 1 unspecified atom stereocenters. The van der Waals surface area contributed by atoms with Crippen LogP contribution in [-0.2, 0) is 24.1 Å². The van der Waals surface area contributed by atoms with Gasteiger partial charge in [-0.3, -0.25) is 19.7 Å². The van der Waals surface area contributed by atoms with Gasteiger partial charge in [-0.25, -0.2) is 4.98 Å². The van der Waals surface area contributed by atoms with Crippen LogP contribution in [0.4, 0.5) is 4.79 Å². The number of nitrogens with one attached hydrogen (secondary N) is 2. The number of aromatic nitrogens is 2. The minimum Gasteiger partial charge on any atom is -0.493 e. The van der Waals surface area contributed by atoms with Crippen LogP contribution in [0, 0.1) is 0 Å². The summed E-state index contributed by atoms with van der Waals surface area (Å²) in [5.41, 5.74) is 2.99. The summed E-state index contributed by atoms with van der Waals surface area (Å²) < 4.78 is 5.86. The molecule has 1 fully saturated rings. The fourth-order valence-electron chi connectivity index (χ4n) is 3.51. The molecule has 1 aromatic heterocycles. The number of hydrogen-bond acceptors (Lipinski definition) is 6. The molecule has 0 radical (unpaired) electrons. The molecule has 1 atom stereocenters. The summed E-state index contributed by atoms with van der Waals surface area (Å²) in [6, 6.07) is 17.1. The normalized spacial score (nSPS) is 15.6. The molecule has 2 heterocycles. The van der Waals surface area contributed by atoms with Crippen LogP contribution in [0.15, 0.2) is 59.4 Å². The Kier molecular flexibility index (Phi) is 6.70. The first kappa shape index (κ1) is 21.8. The van der Waals surface area contributed by atoms with Crippen LogP contribution in [0.5, 0.6) is 5.75 Å². The molecular formula is C24H23N3O4S. The van der Waals surface area contributed by atoms with E-state index in [0.29, 0.717) is 48.7 Å². The lowest BCUT2D eigenvalue weighted by atomic mass is 10.0. The van der Waals surface area contributed by atoms with E-state index in [0.717, 1.165) is 22.9 Å². The molecule has 32 heavy (non-hydrogen) atoms. The zero-order valence-electron chi connectivity index (χ0n) is 17.6. The predicted molar refractivity (Wildman–Crippen MR) is 124 cm³/mol. The highest BCUT2D eigenvalue weighted by Gasteiger charge is 2.31. The predicted octanol–water partition coefficient (Wildman–Crippen LogP) is 3.51. The number of thioether (sulfide) groups is 1. The van der Waals surface area contributed by atoms with Crippen molar-refractivity contribution in [2.45, 2.75) is 31.4 Å². The summed E-state index contributed by atoms with van der Waals surface area (Å²) in [5, 5.41) is 1.60. The van der Waals surface area contributed by atoms with Gasteiger partial charge in [-0.2, -0.15) is 0 Å². The Morgan fingerprint density at radius 2 is 1.78 bits per heavy atom. The van der Waals surface area contributed by atoms with Gasteiger partial charge in [0.25, 0.3) is 10.8 Å². The second-order valence-corrected chi connectivity index (χ2v) is 8.56. The third-order valence-electron chi connectivity index (χ3n) is 5.18. The Bertz CT molecular complexity index is 1180. The number of imide groups is 1. The minimum atomic E-state index is -0.393. The van der Waals surface area contributed by atoms with Crippen molar-refractivity contribution in [2.24, 2.45) is 0 Å². The molecule has 2 amide bonds. The highest BCUT2D eigenvalue weighted by atomic mass is 32.2. The summed E-state index contributed by atoms with van der Waals surface area (Å²) in [6.45, 7) is 2.28. The van der Waals surface area contributed by atoms with Crippen LogP contribution >= 0.6 is 11.8 Å². The van der Waals surface area contributed by atoms with Crippen molar-refractivity contribution in [3.8, 4) is 17.0 Å². The van der Waals surface area contributed by atoms with E-state index in [9.17, 15) is 14.4 Å². The number of rotatable bonds is 8. The van der Waals surface area contributed by atoms with Crippen molar-refractivity contribution < 1.29 is 14.3 Å². The van der Waals surface area contributed by atoms with Crippen LogP contribution in [0.1, 0.15) is 23.9 Å². The van der Waals surface area contributed by atoms with Crippen molar-refractivity contribution in [2.75, 3.05) is 6.61 Å². The number of hydrogen-bond donors (Lipinski definition) is 2. The van der Waals surface area contributed by atoms with Crippen LogP contribution in [0.25, 0.3) is 11.3 Å². The van der Waals surface area contributed by atoms with Gasteiger partial charge in [0.15, 0.2) is 0 Å². The summed E-state index contributed by atoms with van der Waals surface area (Å²) in [4.78, 5) is 43.2. The first-order chi connectivity index (χ1) is 15.5. The van der Waals surface area contributed by atoms with E-state index in [1.807, 2.05) is 61.5 Å². The van der Waals surface area contributed by atoms with Gasteiger partial charge < -0.3 is 9.72 Å². The third kappa shape index (κ3) is 5.08. The van der Waals surface area contributed by atoms with Gasteiger partial charge in [0, 0.05) is 24.0 Å². The summed E-state index contributed by atoms with van der Waals surface area (Å²) >= 11 is 1.02. The van der Waals surface area contributed by atoms with Gasteiger partial charge in [-0.1, -0.05) is 61.2 Å². The van der Waals surface area contributed by atoms with Gasteiger partial charge in [0.05, 0.1) is 17.6 Å². The van der Waals surface area contributed by atoms with Crippen LogP contribution < -0.4 is 15.6 Å². The highest BCUT2D eigenvalue weighted by molar-refractivity contribution is 8.15. The maximum absolute atomic E-state index is 12.7. The van der Waals surface area contributed by atoms with Crippen molar-refractivity contribution in [3.05, 3.63) is 81.9 Å². The van der Waals surface area contributed by atoms with Gasteiger partial charge in [-0.05, 0) is 24.1 Å². The first-order valence-electron chi connectivity index (χ1n) is 10.4. The molecule has 3 aromatic rings. The Hall–Kier alpha value is -3.39. The summed E-state index contributed by atoms with van der Waals surface area (Å²) in [5.74, 6) is 1.08. The van der Waals surface area contributed by atoms with E-state index in [-0.39, 0.29) is 16.7 Å². The Balaban J connectivity index is 1.42. The van der Waals surface area contributed by atoms with Crippen molar-refractivity contribution >= 4 is 22.9 Å². The van der Waals surface area contributed by atoms with E-state index < -0.39 is 5.25 Å². The first-order valence-corrected chi connectivity index (χ1v) is 11.3. The largest absolute Gasteiger partial charge is 0.493 e. The smallest absolute Gasteiger partial charge is 0.286 e. The molecule has 0 saturated carbocycles. The standard InChI is InChI=1S/C24H23N3O4S/c1-2-20-25-21(16-6-4-3-5-7-16)18(22(28)26-20)12-13-31-17-10-8-15(9-11-17)14-19-23(29)27-24(30)32-19/h3-11,19H,2,12-14H2,1H3,(H,25,26,28)(H,27,29,30). The molecule has 8 heteroatoms. The van der Waals surface area contributed by atoms with Gasteiger partial charge in [0.2, 0.25) is 5.91 Å². The number of carbonyl (C=O) groups excluding carboxylic acids is 2. The average molecular weight is 450 g/mol. The molecular weight excluding hydrogens is 426 g/mol. The van der Waals surface area contributed by atoms with E-state index in [1.54, 1.807) is 0 Å². The molecule has 1 aliphatic heterocycles. The zero-order valence-corrected chi connectivity index (χ0v) is 18.4. The Morgan fingerprint density at radius 1 is 1.03 bits per heavy atom. The molecule has 0 spiro atoms. The van der Waals surface area contributed by atoms with Gasteiger partial charge in [0.1, 0.15) is 11.6 Å². The van der Waals surface area contributed by atoms with Crippen LogP contribution in [0.3, 0.4) is 0 Å². The van der Waals surface area contributed by atoms with Crippen molar-refractivity contribution in [1.29, 1.82) is 0 Å². The van der Waals surface area contributed by atoms with Crippen molar-refractivity contribution in [1.82, 2.24) is 15.3 Å². The Labute approximate surface area is 189 Å². The lowest BCUT2D eigenvalue weighted by molar-refractivity contribution is -0.118. The highest BCUT2D eigenvalue weighted by Crippen LogP contribution is 2.24. The molecule has 2 aromatic carbocycles. The Morgan fingerprint density at radius 3 is 2.44 bits per heavy atom.